The van der Waals surface area contributed by atoms with Crippen molar-refractivity contribution in [3.63, 3.8) is 0 Å². The summed E-state index contributed by atoms with van der Waals surface area (Å²) < 4.78 is 68.0. The molecule has 0 fully saturated rings. The van der Waals surface area contributed by atoms with E-state index in [1.807, 2.05) is 6.07 Å². The van der Waals surface area contributed by atoms with Crippen LogP contribution in [0, 0.1) is 28.9 Å². The summed E-state index contributed by atoms with van der Waals surface area (Å²) in [6.07, 6.45) is 1.03. The first-order valence-electron chi connectivity index (χ1n) is 11.9. The number of pyridine rings is 2. The van der Waals surface area contributed by atoms with E-state index in [0.29, 0.717) is 22.2 Å². The van der Waals surface area contributed by atoms with E-state index in [4.69, 9.17) is 11.6 Å². The summed E-state index contributed by atoms with van der Waals surface area (Å²) in [5.41, 5.74) is 0.540. The van der Waals surface area contributed by atoms with Gasteiger partial charge in [-0.15, -0.1) is 5.10 Å². The molecule has 0 aliphatic rings. The van der Waals surface area contributed by atoms with Crippen molar-refractivity contribution in [2.24, 2.45) is 0 Å². The molecule has 206 valence electrons. The molecular weight excluding hydrogens is 566 g/mol. The third-order valence-corrected chi connectivity index (χ3v) is 6.59. The molecule has 0 spiro atoms. The Morgan fingerprint density at radius 3 is 2.49 bits per heavy atom. The van der Waals surface area contributed by atoms with Crippen LogP contribution in [0.15, 0.2) is 61.1 Å². The second kappa shape index (κ2) is 11.0. The molecule has 3 aromatic heterocycles. The van der Waals surface area contributed by atoms with Gasteiger partial charge in [0, 0.05) is 23.3 Å². The molecular formula is C26H17BClF5N8. The number of benzene rings is 2. The zero-order valence-electron chi connectivity index (χ0n) is 21.0. The van der Waals surface area contributed by atoms with Crippen molar-refractivity contribution in [3.05, 3.63) is 100 Å². The van der Waals surface area contributed by atoms with Crippen LogP contribution in [0.1, 0.15) is 16.8 Å². The lowest BCUT2D eigenvalue weighted by atomic mass is 9.69. The number of rotatable bonds is 8. The van der Waals surface area contributed by atoms with Crippen LogP contribution < -0.4 is 10.6 Å². The molecule has 2 aromatic carbocycles. The Hall–Kier alpha value is -4.77. The van der Waals surface area contributed by atoms with Crippen LogP contribution in [-0.2, 0) is 12.0 Å². The zero-order valence-corrected chi connectivity index (χ0v) is 21.8. The Balaban J connectivity index is 1.64. The summed E-state index contributed by atoms with van der Waals surface area (Å²) in [5, 5.41) is 24.3. The number of alkyl halides is 2. The minimum Gasteiger partial charge on any atom is -0.378 e. The number of aromatic nitrogens is 5. The van der Waals surface area contributed by atoms with Gasteiger partial charge in [0.15, 0.2) is 5.82 Å². The van der Waals surface area contributed by atoms with E-state index in [2.05, 4.69) is 30.9 Å². The summed E-state index contributed by atoms with van der Waals surface area (Å²) in [7, 11) is 1.70. The van der Waals surface area contributed by atoms with E-state index in [0.717, 1.165) is 16.9 Å². The highest BCUT2D eigenvalue weighted by Gasteiger charge is 2.33. The SMILES string of the molecule is BC(Nc1cc(Cl)c2ncc(C#N)c(Nc3cnc(F)c(F)c3)c2c1)(c1ccc(F)cc1)c1cn(CC(F)F)nn1. The molecule has 0 saturated carbocycles. The van der Waals surface area contributed by atoms with E-state index in [1.165, 1.54) is 36.7 Å². The van der Waals surface area contributed by atoms with Gasteiger partial charge in [-0.2, -0.15) is 9.65 Å². The summed E-state index contributed by atoms with van der Waals surface area (Å²) >= 11 is 6.58. The van der Waals surface area contributed by atoms with E-state index >= 15 is 0 Å². The number of hydrogen-bond acceptors (Lipinski definition) is 7. The molecule has 8 nitrogen and oxygen atoms in total. The van der Waals surface area contributed by atoms with Crippen LogP contribution in [0.25, 0.3) is 10.9 Å². The quantitative estimate of drug-likeness (QED) is 0.149. The molecule has 2 N–H and O–H groups in total. The summed E-state index contributed by atoms with van der Waals surface area (Å²) in [5.74, 6) is -2.96. The molecule has 0 saturated heterocycles. The van der Waals surface area contributed by atoms with Crippen molar-refractivity contribution >= 4 is 47.4 Å². The number of hydrogen-bond donors (Lipinski definition) is 2. The fourth-order valence-electron chi connectivity index (χ4n) is 4.30. The lowest BCUT2D eigenvalue weighted by Gasteiger charge is -2.31. The predicted octanol–water partition coefficient (Wildman–Crippen LogP) is 5.12. The minimum absolute atomic E-state index is 0.0641. The van der Waals surface area contributed by atoms with Gasteiger partial charge in [-0.1, -0.05) is 28.9 Å². The third kappa shape index (κ3) is 5.62. The zero-order chi connectivity index (χ0) is 29.3. The number of nitrogens with one attached hydrogen (secondary N) is 2. The smallest absolute Gasteiger partial charge is 0.257 e. The fourth-order valence-corrected chi connectivity index (χ4v) is 4.57. The molecule has 0 bridgehead atoms. The largest absolute Gasteiger partial charge is 0.378 e. The Labute approximate surface area is 235 Å². The highest BCUT2D eigenvalue weighted by atomic mass is 35.5. The topological polar surface area (TPSA) is 104 Å². The Morgan fingerprint density at radius 1 is 1.05 bits per heavy atom. The van der Waals surface area contributed by atoms with Crippen molar-refractivity contribution in [2.45, 2.75) is 18.4 Å². The van der Waals surface area contributed by atoms with Crippen molar-refractivity contribution < 1.29 is 22.0 Å². The second-order valence-corrected chi connectivity index (χ2v) is 9.52. The summed E-state index contributed by atoms with van der Waals surface area (Å²) in [6, 6.07) is 11.5. The molecule has 1 atom stereocenters. The van der Waals surface area contributed by atoms with Gasteiger partial charge in [0.1, 0.15) is 32.0 Å². The molecule has 41 heavy (non-hydrogen) atoms. The minimum atomic E-state index is -2.66. The third-order valence-electron chi connectivity index (χ3n) is 6.30. The summed E-state index contributed by atoms with van der Waals surface area (Å²) in [6.45, 7) is -0.676. The van der Waals surface area contributed by atoms with E-state index in [1.54, 1.807) is 20.0 Å². The molecule has 1 unspecified atom stereocenters. The standard InChI is InChI=1S/C26H17BClF5N8/c27-26(14-1-3-15(29)4-2-14,21-11-41(40-39-21)12-22(31)32)38-16-5-18-23(37-17-7-20(30)25(33)36-10-17)13(8-34)9-35-24(18)19(28)6-16/h1-7,9-11,22,38H,12,27H2,(H,35,37). The molecule has 0 radical (unpaired) electrons. The average molecular weight is 583 g/mol. The Bertz CT molecular complexity index is 1790. The van der Waals surface area contributed by atoms with Crippen molar-refractivity contribution in [3.8, 4) is 6.07 Å². The van der Waals surface area contributed by atoms with Crippen LogP contribution in [-0.4, -0.2) is 39.2 Å². The maximum atomic E-state index is 13.8. The Morgan fingerprint density at radius 2 is 1.80 bits per heavy atom. The van der Waals surface area contributed by atoms with Gasteiger partial charge in [-0.3, -0.25) is 4.98 Å². The lowest BCUT2D eigenvalue weighted by Crippen LogP contribution is -2.37. The molecule has 15 heteroatoms. The lowest BCUT2D eigenvalue weighted by molar-refractivity contribution is 0.121. The Kier molecular flexibility index (Phi) is 7.46. The van der Waals surface area contributed by atoms with Gasteiger partial charge in [-0.25, -0.2) is 27.2 Å². The molecule has 0 aliphatic heterocycles. The number of halogens is 6. The number of nitrogens with zero attached hydrogens (tertiary/aromatic N) is 6. The molecule has 5 aromatic rings. The van der Waals surface area contributed by atoms with Gasteiger partial charge in [0.2, 0.25) is 5.95 Å². The first-order valence-corrected chi connectivity index (χ1v) is 12.3. The first-order chi connectivity index (χ1) is 19.6. The molecule has 3 heterocycles. The normalized spacial score (nSPS) is 12.7. The van der Waals surface area contributed by atoms with Crippen LogP contribution in [0.4, 0.5) is 39.0 Å². The van der Waals surface area contributed by atoms with Gasteiger partial charge in [-0.05, 0) is 29.8 Å². The summed E-state index contributed by atoms with van der Waals surface area (Å²) in [4.78, 5) is 7.63. The highest BCUT2D eigenvalue weighted by molar-refractivity contribution is 6.36. The average Bonchev–Trinajstić information content (AvgIpc) is 3.40. The van der Waals surface area contributed by atoms with Crippen molar-refractivity contribution in [2.75, 3.05) is 10.6 Å². The van der Waals surface area contributed by atoms with Crippen LogP contribution in [0.2, 0.25) is 5.02 Å². The van der Waals surface area contributed by atoms with Crippen LogP contribution in [0.5, 0.6) is 0 Å². The predicted molar refractivity (Wildman–Crippen MR) is 144 cm³/mol. The van der Waals surface area contributed by atoms with Gasteiger partial charge < -0.3 is 10.6 Å². The van der Waals surface area contributed by atoms with Gasteiger partial charge in [0.25, 0.3) is 6.43 Å². The van der Waals surface area contributed by atoms with Crippen LogP contribution in [0.3, 0.4) is 0 Å². The number of fused-ring (bicyclic) bond motifs is 1. The molecule has 5 rings (SSSR count). The maximum absolute atomic E-state index is 13.8. The van der Waals surface area contributed by atoms with E-state index in [-0.39, 0.29) is 27.7 Å². The van der Waals surface area contributed by atoms with Crippen molar-refractivity contribution in [1.29, 1.82) is 5.26 Å². The molecule has 0 amide bonds. The first kappa shape index (κ1) is 27.8. The van der Waals surface area contributed by atoms with E-state index in [9.17, 15) is 27.2 Å². The monoisotopic (exact) mass is 582 g/mol. The van der Waals surface area contributed by atoms with Crippen molar-refractivity contribution in [1.82, 2.24) is 25.0 Å². The fraction of sp³-hybridized carbons (Fsp3) is 0.115. The maximum Gasteiger partial charge on any atom is 0.257 e. The molecule has 0 aliphatic carbocycles. The number of nitriles is 1. The second-order valence-electron chi connectivity index (χ2n) is 9.11. The van der Waals surface area contributed by atoms with Crippen LogP contribution >= 0.6 is 11.6 Å². The van der Waals surface area contributed by atoms with Gasteiger partial charge >= 0.3 is 0 Å². The number of anilines is 3. The highest BCUT2D eigenvalue weighted by Crippen LogP contribution is 2.37. The van der Waals surface area contributed by atoms with E-state index < -0.39 is 36.0 Å². The van der Waals surface area contributed by atoms with Gasteiger partial charge in [0.05, 0.1) is 45.3 Å².